The van der Waals surface area contributed by atoms with Crippen LogP contribution in [-0.4, -0.2) is 45.5 Å². The lowest BCUT2D eigenvalue weighted by atomic mass is 9.87. The number of benzene rings is 1. The number of carbonyl (C=O) groups is 1. The molecule has 3 heterocycles. The molecule has 8 nitrogen and oxygen atoms in total. The minimum atomic E-state index is 0.0348. The summed E-state index contributed by atoms with van der Waals surface area (Å²) in [6.07, 6.45) is 5.08. The van der Waals surface area contributed by atoms with Crippen molar-refractivity contribution >= 4 is 17.4 Å². The van der Waals surface area contributed by atoms with Gasteiger partial charge in [0.25, 0.3) is 0 Å². The first kappa shape index (κ1) is 21.7. The summed E-state index contributed by atoms with van der Waals surface area (Å²) in [6.45, 7) is 9.64. The Hall–Kier alpha value is -3.55. The van der Waals surface area contributed by atoms with Gasteiger partial charge < -0.3 is 15.0 Å². The van der Waals surface area contributed by atoms with E-state index in [1.165, 1.54) is 0 Å². The summed E-state index contributed by atoms with van der Waals surface area (Å²) in [6, 6.07) is 7.94. The highest BCUT2D eigenvalue weighted by atomic mass is 16.5. The van der Waals surface area contributed by atoms with Crippen molar-refractivity contribution in [2.45, 2.75) is 33.6 Å². The molecule has 1 unspecified atom stereocenters. The van der Waals surface area contributed by atoms with Gasteiger partial charge in [0.15, 0.2) is 0 Å². The van der Waals surface area contributed by atoms with E-state index in [-0.39, 0.29) is 11.8 Å². The Morgan fingerprint density at radius 2 is 1.97 bits per heavy atom. The van der Waals surface area contributed by atoms with Gasteiger partial charge in [0.2, 0.25) is 5.91 Å². The van der Waals surface area contributed by atoms with Gasteiger partial charge in [-0.25, -0.2) is 19.9 Å². The predicted molar refractivity (Wildman–Crippen MR) is 124 cm³/mol. The van der Waals surface area contributed by atoms with E-state index in [0.29, 0.717) is 19.1 Å². The number of hydrogen-bond acceptors (Lipinski definition) is 7. The van der Waals surface area contributed by atoms with Crippen molar-refractivity contribution in [1.82, 2.24) is 19.9 Å². The predicted octanol–water partition coefficient (Wildman–Crippen LogP) is 3.84. The van der Waals surface area contributed by atoms with E-state index in [9.17, 15) is 4.79 Å². The minimum absolute atomic E-state index is 0.0348. The number of aromatic nitrogens is 4. The van der Waals surface area contributed by atoms with Gasteiger partial charge in [0, 0.05) is 37.5 Å². The highest BCUT2D eigenvalue weighted by Gasteiger charge is 2.27. The van der Waals surface area contributed by atoms with Crippen LogP contribution in [0.3, 0.4) is 0 Å². The van der Waals surface area contributed by atoms with Gasteiger partial charge in [-0.15, -0.1) is 0 Å². The Labute approximate surface area is 188 Å². The van der Waals surface area contributed by atoms with Crippen molar-refractivity contribution in [1.29, 1.82) is 0 Å². The fraction of sp³-hybridized carbons (Fsp3) is 0.375. The van der Waals surface area contributed by atoms with Crippen molar-refractivity contribution in [2.24, 2.45) is 5.92 Å². The number of amides is 1. The van der Waals surface area contributed by atoms with Crippen LogP contribution in [0.1, 0.15) is 38.1 Å². The molecule has 1 aromatic carbocycles. The van der Waals surface area contributed by atoms with Gasteiger partial charge in [-0.2, -0.15) is 0 Å². The van der Waals surface area contributed by atoms with E-state index >= 15 is 0 Å². The Morgan fingerprint density at radius 3 is 2.72 bits per heavy atom. The number of para-hydroxylation sites is 1. The van der Waals surface area contributed by atoms with Crippen LogP contribution in [0.2, 0.25) is 0 Å². The first-order valence-electron chi connectivity index (χ1n) is 10.8. The quantitative estimate of drug-likeness (QED) is 0.632. The fourth-order valence-corrected chi connectivity index (χ4v) is 3.84. The molecule has 32 heavy (non-hydrogen) atoms. The van der Waals surface area contributed by atoms with E-state index in [2.05, 4.69) is 45.2 Å². The molecule has 1 aliphatic heterocycles. The van der Waals surface area contributed by atoms with Crippen LogP contribution in [0.5, 0.6) is 5.75 Å². The van der Waals surface area contributed by atoms with E-state index in [4.69, 9.17) is 4.74 Å². The third-order valence-corrected chi connectivity index (χ3v) is 5.95. The molecule has 0 radical (unpaired) electrons. The van der Waals surface area contributed by atoms with Crippen molar-refractivity contribution in [3.63, 3.8) is 0 Å². The first-order valence-corrected chi connectivity index (χ1v) is 10.8. The Bertz CT molecular complexity index is 1100. The monoisotopic (exact) mass is 432 g/mol. The number of nitrogens with zero attached hydrogens (tertiary/aromatic N) is 5. The third-order valence-electron chi connectivity index (χ3n) is 5.95. The molecule has 1 N–H and O–H groups in total. The average Bonchev–Trinajstić information content (AvgIpc) is 2.81. The standard InChI is InChI=1S/C24H28N6O2/c1-15(11-27-23-10-21(28-14-29-23)19-12-25-17(3)26-13-19)16(2)20-6-5-7-22-24(20)32-9-8-30(22)18(4)31/h5-7,10,12-16H,8-9,11H2,1-4H3,(H,27,28,29)/t15-,16?/m1/s1. The molecule has 0 spiro atoms. The molecule has 0 fully saturated rings. The van der Waals surface area contributed by atoms with Crippen LogP contribution in [0.25, 0.3) is 11.3 Å². The summed E-state index contributed by atoms with van der Waals surface area (Å²) in [4.78, 5) is 31.0. The van der Waals surface area contributed by atoms with Crippen LogP contribution in [-0.2, 0) is 4.79 Å². The molecule has 0 saturated carbocycles. The average molecular weight is 433 g/mol. The fourth-order valence-electron chi connectivity index (χ4n) is 3.84. The van der Waals surface area contributed by atoms with Crippen LogP contribution >= 0.6 is 0 Å². The van der Waals surface area contributed by atoms with Gasteiger partial charge in [-0.05, 0) is 30.4 Å². The molecule has 2 aromatic heterocycles. The number of carbonyl (C=O) groups excluding carboxylic acids is 1. The number of anilines is 2. The number of aryl methyl sites for hydroxylation is 1. The van der Waals surface area contributed by atoms with Crippen LogP contribution in [0.4, 0.5) is 11.5 Å². The summed E-state index contributed by atoms with van der Waals surface area (Å²) in [5, 5.41) is 3.43. The topological polar surface area (TPSA) is 93.1 Å². The number of hydrogen-bond donors (Lipinski definition) is 1. The number of rotatable bonds is 6. The molecular formula is C24H28N6O2. The molecule has 1 amide bonds. The lowest BCUT2D eigenvalue weighted by Crippen LogP contribution is -2.36. The maximum Gasteiger partial charge on any atom is 0.224 e. The number of ether oxygens (including phenoxy) is 1. The Morgan fingerprint density at radius 1 is 1.19 bits per heavy atom. The van der Waals surface area contributed by atoms with E-state index in [0.717, 1.165) is 46.4 Å². The number of fused-ring (bicyclic) bond motifs is 1. The van der Waals surface area contributed by atoms with Gasteiger partial charge in [-0.3, -0.25) is 4.79 Å². The second-order valence-corrected chi connectivity index (χ2v) is 8.17. The Kier molecular flexibility index (Phi) is 6.30. The summed E-state index contributed by atoms with van der Waals surface area (Å²) in [7, 11) is 0. The zero-order valence-corrected chi connectivity index (χ0v) is 18.9. The lowest BCUT2D eigenvalue weighted by Gasteiger charge is -2.32. The molecule has 3 aromatic rings. The summed E-state index contributed by atoms with van der Waals surface area (Å²) in [5.74, 6) is 2.84. The van der Waals surface area contributed by atoms with Crippen LogP contribution < -0.4 is 15.0 Å². The van der Waals surface area contributed by atoms with Crippen LogP contribution in [0.15, 0.2) is 43.0 Å². The Balaban J connectivity index is 1.47. The molecule has 166 valence electrons. The van der Waals surface area contributed by atoms with Crippen molar-refractivity contribution < 1.29 is 9.53 Å². The van der Waals surface area contributed by atoms with E-state index in [1.807, 2.05) is 25.1 Å². The molecule has 1 aliphatic rings. The maximum atomic E-state index is 12.0. The van der Waals surface area contributed by atoms with Gasteiger partial charge in [0.05, 0.1) is 17.9 Å². The normalized spacial score (nSPS) is 14.8. The van der Waals surface area contributed by atoms with E-state index < -0.39 is 0 Å². The maximum absolute atomic E-state index is 12.0. The molecule has 2 atom stereocenters. The zero-order valence-electron chi connectivity index (χ0n) is 18.9. The van der Waals surface area contributed by atoms with Crippen molar-refractivity contribution in [2.75, 3.05) is 29.9 Å². The van der Waals surface area contributed by atoms with Gasteiger partial charge >= 0.3 is 0 Å². The van der Waals surface area contributed by atoms with Crippen molar-refractivity contribution in [3.8, 4) is 17.0 Å². The molecule has 0 saturated heterocycles. The zero-order chi connectivity index (χ0) is 22.7. The smallest absolute Gasteiger partial charge is 0.224 e. The third kappa shape index (κ3) is 4.54. The molecule has 0 aliphatic carbocycles. The van der Waals surface area contributed by atoms with E-state index in [1.54, 1.807) is 30.5 Å². The molecule has 4 rings (SSSR count). The number of nitrogens with one attached hydrogen (secondary N) is 1. The molecule has 0 bridgehead atoms. The highest BCUT2D eigenvalue weighted by Crippen LogP contribution is 2.40. The SMILES string of the molecule is CC(=O)N1CCOc2c(C(C)[C@H](C)CNc3cc(-c4cnc(C)nc4)ncn3)cccc21. The van der Waals surface area contributed by atoms with Gasteiger partial charge in [0.1, 0.15) is 30.3 Å². The summed E-state index contributed by atoms with van der Waals surface area (Å²) < 4.78 is 6.00. The minimum Gasteiger partial charge on any atom is -0.489 e. The highest BCUT2D eigenvalue weighted by molar-refractivity contribution is 5.94. The van der Waals surface area contributed by atoms with Crippen LogP contribution in [0, 0.1) is 12.8 Å². The summed E-state index contributed by atoms with van der Waals surface area (Å²) in [5.41, 5.74) is 3.60. The lowest BCUT2D eigenvalue weighted by molar-refractivity contribution is -0.116. The van der Waals surface area contributed by atoms with Crippen molar-refractivity contribution in [3.05, 3.63) is 54.4 Å². The second kappa shape index (κ2) is 9.30. The summed E-state index contributed by atoms with van der Waals surface area (Å²) >= 11 is 0. The molecule has 8 heteroatoms. The first-order chi connectivity index (χ1) is 15.4. The largest absolute Gasteiger partial charge is 0.489 e. The second-order valence-electron chi connectivity index (χ2n) is 8.17. The molecular weight excluding hydrogens is 404 g/mol. The van der Waals surface area contributed by atoms with Gasteiger partial charge in [-0.1, -0.05) is 26.0 Å².